The standard InChI is InChI=1S/C28H38N4O4/c1-4-5-15-32-26(34)24(25(33)20(2)3)30-27(35)28(32)13-16-31(17-14-28)19-21-11-12-23(29-18-21)36-22-9-7-6-8-10-22/h6-12,18,20,24-25,33H,4-5,13-17,19H2,1-3H3,(H,30,35)/t24-,25-/m1/s1. The molecule has 8 nitrogen and oxygen atoms in total. The molecule has 0 saturated carbocycles. The molecule has 2 saturated heterocycles. The van der Waals surface area contributed by atoms with E-state index in [2.05, 4.69) is 22.1 Å². The zero-order valence-corrected chi connectivity index (χ0v) is 21.5. The Hall–Kier alpha value is -2.97. The minimum atomic E-state index is -0.899. The smallest absolute Gasteiger partial charge is 0.248 e. The first kappa shape index (κ1) is 26.1. The van der Waals surface area contributed by atoms with Crippen molar-refractivity contribution in [1.82, 2.24) is 20.1 Å². The van der Waals surface area contributed by atoms with E-state index in [1.807, 2.05) is 62.5 Å². The number of amides is 2. The Morgan fingerprint density at radius 2 is 1.86 bits per heavy atom. The third-order valence-electron chi connectivity index (χ3n) is 7.37. The van der Waals surface area contributed by atoms with Crippen LogP contribution in [0.3, 0.4) is 0 Å². The van der Waals surface area contributed by atoms with Crippen molar-refractivity contribution in [2.75, 3.05) is 19.6 Å². The SMILES string of the molecule is CCCCN1C(=O)[C@@H]([C@H](O)C(C)C)NC(=O)C12CCN(Cc1ccc(Oc3ccccc3)nc1)CC2. The van der Waals surface area contributed by atoms with E-state index >= 15 is 0 Å². The number of aromatic nitrogens is 1. The van der Waals surface area contributed by atoms with Gasteiger partial charge in [0.1, 0.15) is 17.3 Å². The molecule has 0 radical (unpaired) electrons. The number of rotatable bonds is 9. The van der Waals surface area contributed by atoms with Crippen LogP contribution in [0.1, 0.15) is 52.0 Å². The number of nitrogens with one attached hydrogen (secondary N) is 1. The summed E-state index contributed by atoms with van der Waals surface area (Å²) in [7, 11) is 0. The molecule has 8 heteroatoms. The quantitative estimate of drug-likeness (QED) is 0.555. The Labute approximate surface area is 213 Å². The van der Waals surface area contributed by atoms with Crippen LogP contribution in [0.15, 0.2) is 48.7 Å². The molecule has 4 rings (SSSR count). The van der Waals surface area contributed by atoms with Crippen LogP contribution in [-0.4, -0.2) is 69.0 Å². The van der Waals surface area contributed by atoms with E-state index < -0.39 is 17.7 Å². The number of ether oxygens (including phenoxy) is 1. The summed E-state index contributed by atoms with van der Waals surface area (Å²) in [5, 5.41) is 13.5. The Bertz CT molecular complexity index is 1020. The summed E-state index contributed by atoms with van der Waals surface area (Å²) in [6.45, 7) is 8.45. The Morgan fingerprint density at radius 1 is 1.14 bits per heavy atom. The summed E-state index contributed by atoms with van der Waals surface area (Å²) in [6, 6.07) is 12.6. The van der Waals surface area contributed by atoms with E-state index in [1.165, 1.54) is 0 Å². The van der Waals surface area contributed by atoms with Gasteiger partial charge in [0.25, 0.3) is 0 Å². The van der Waals surface area contributed by atoms with E-state index in [-0.39, 0.29) is 17.7 Å². The molecule has 194 valence electrons. The van der Waals surface area contributed by atoms with Crippen molar-refractivity contribution >= 4 is 11.8 Å². The number of para-hydroxylation sites is 1. The lowest BCUT2D eigenvalue weighted by Gasteiger charge is -2.52. The maximum Gasteiger partial charge on any atom is 0.248 e. The van der Waals surface area contributed by atoms with Crippen LogP contribution in [0.4, 0.5) is 0 Å². The molecule has 0 bridgehead atoms. The van der Waals surface area contributed by atoms with Crippen LogP contribution in [-0.2, 0) is 16.1 Å². The number of aliphatic hydroxyl groups is 1. The first-order valence-corrected chi connectivity index (χ1v) is 13.0. The lowest BCUT2D eigenvalue weighted by Crippen LogP contribution is -2.74. The average Bonchev–Trinajstić information content (AvgIpc) is 2.89. The van der Waals surface area contributed by atoms with Gasteiger partial charge in [0.05, 0.1) is 6.10 Å². The third-order valence-corrected chi connectivity index (χ3v) is 7.37. The van der Waals surface area contributed by atoms with Crippen LogP contribution in [0.2, 0.25) is 0 Å². The number of nitrogens with zero attached hydrogens (tertiary/aromatic N) is 3. The number of hydrogen-bond acceptors (Lipinski definition) is 6. The van der Waals surface area contributed by atoms with Gasteiger partial charge in [-0.05, 0) is 42.9 Å². The van der Waals surface area contributed by atoms with Crippen molar-refractivity contribution in [2.45, 2.75) is 70.7 Å². The Morgan fingerprint density at radius 3 is 2.47 bits per heavy atom. The molecule has 2 aliphatic heterocycles. The normalized spacial score (nSPS) is 21.0. The zero-order valence-electron chi connectivity index (χ0n) is 21.5. The van der Waals surface area contributed by atoms with Crippen LogP contribution in [0, 0.1) is 5.92 Å². The number of aliphatic hydroxyl groups excluding tert-OH is 1. The molecule has 1 spiro atoms. The van der Waals surface area contributed by atoms with Crippen LogP contribution in [0.5, 0.6) is 11.6 Å². The first-order valence-electron chi connectivity index (χ1n) is 13.0. The zero-order chi connectivity index (χ0) is 25.7. The van der Waals surface area contributed by atoms with E-state index in [0.29, 0.717) is 44.9 Å². The molecule has 2 atom stereocenters. The second-order valence-electron chi connectivity index (χ2n) is 10.3. The van der Waals surface area contributed by atoms with Gasteiger partial charge < -0.3 is 20.1 Å². The molecule has 1 aromatic heterocycles. The van der Waals surface area contributed by atoms with Crippen LogP contribution >= 0.6 is 0 Å². The molecule has 2 aliphatic rings. The molecule has 3 heterocycles. The fraction of sp³-hybridized carbons (Fsp3) is 0.536. The molecule has 2 amide bonds. The van der Waals surface area contributed by atoms with Gasteiger partial charge in [0.2, 0.25) is 17.7 Å². The predicted octanol–water partition coefficient (Wildman–Crippen LogP) is 3.35. The van der Waals surface area contributed by atoms with E-state index in [0.717, 1.165) is 24.2 Å². The maximum absolute atomic E-state index is 13.4. The maximum atomic E-state index is 13.4. The Kier molecular flexibility index (Phi) is 8.26. The van der Waals surface area contributed by atoms with Crippen LogP contribution < -0.4 is 10.1 Å². The molecular weight excluding hydrogens is 456 g/mol. The summed E-state index contributed by atoms with van der Waals surface area (Å²) in [4.78, 5) is 35.4. The highest BCUT2D eigenvalue weighted by Crippen LogP contribution is 2.35. The van der Waals surface area contributed by atoms with Gasteiger partial charge in [-0.15, -0.1) is 0 Å². The summed E-state index contributed by atoms with van der Waals surface area (Å²) >= 11 is 0. The van der Waals surface area contributed by atoms with Crippen molar-refractivity contribution in [2.24, 2.45) is 5.92 Å². The number of piperidine rings is 1. The minimum absolute atomic E-state index is 0.124. The fourth-order valence-corrected chi connectivity index (χ4v) is 5.11. The summed E-state index contributed by atoms with van der Waals surface area (Å²) < 4.78 is 5.78. The molecule has 2 aromatic rings. The van der Waals surface area contributed by atoms with Gasteiger partial charge in [0.15, 0.2) is 0 Å². The number of benzene rings is 1. The highest BCUT2D eigenvalue weighted by Gasteiger charge is 2.54. The van der Waals surface area contributed by atoms with Gasteiger partial charge >= 0.3 is 0 Å². The van der Waals surface area contributed by atoms with Gasteiger partial charge in [-0.2, -0.15) is 0 Å². The number of carbonyl (C=O) groups excluding carboxylic acids is 2. The minimum Gasteiger partial charge on any atom is -0.439 e. The summed E-state index contributed by atoms with van der Waals surface area (Å²) in [5.41, 5.74) is 0.222. The second kappa shape index (κ2) is 11.4. The second-order valence-corrected chi connectivity index (χ2v) is 10.3. The molecule has 0 unspecified atom stereocenters. The Balaban J connectivity index is 1.40. The number of piperazine rings is 1. The van der Waals surface area contributed by atoms with E-state index in [1.54, 1.807) is 4.90 Å². The number of likely N-dealkylation sites (tertiary alicyclic amines) is 1. The summed E-state index contributed by atoms with van der Waals surface area (Å²) in [5.74, 6) is 0.878. The third kappa shape index (κ3) is 5.55. The monoisotopic (exact) mass is 494 g/mol. The predicted molar refractivity (Wildman–Crippen MR) is 137 cm³/mol. The van der Waals surface area contributed by atoms with Gasteiger partial charge in [-0.25, -0.2) is 4.98 Å². The fourth-order valence-electron chi connectivity index (χ4n) is 5.11. The van der Waals surface area contributed by atoms with Gasteiger partial charge in [-0.3, -0.25) is 14.5 Å². The van der Waals surface area contributed by atoms with Crippen LogP contribution in [0.25, 0.3) is 0 Å². The molecule has 0 aliphatic carbocycles. The highest BCUT2D eigenvalue weighted by atomic mass is 16.5. The molecule has 36 heavy (non-hydrogen) atoms. The number of pyridine rings is 1. The lowest BCUT2D eigenvalue weighted by molar-refractivity contribution is -0.165. The largest absolute Gasteiger partial charge is 0.439 e. The lowest BCUT2D eigenvalue weighted by atomic mass is 9.80. The van der Waals surface area contributed by atoms with Crippen molar-refractivity contribution in [3.63, 3.8) is 0 Å². The van der Waals surface area contributed by atoms with Crippen molar-refractivity contribution in [3.05, 3.63) is 54.2 Å². The molecule has 2 fully saturated rings. The van der Waals surface area contributed by atoms with Gasteiger partial charge in [-0.1, -0.05) is 51.5 Å². The van der Waals surface area contributed by atoms with E-state index in [4.69, 9.17) is 4.74 Å². The number of hydrogen-bond donors (Lipinski definition) is 2. The topological polar surface area (TPSA) is 95.0 Å². The van der Waals surface area contributed by atoms with Crippen molar-refractivity contribution in [1.29, 1.82) is 0 Å². The average molecular weight is 495 g/mol. The first-order chi connectivity index (χ1) is 17.3. The van der Waals surface area contributed by atoms with Gasteiger partial charge in [0, 0.05) is 38.4 Å². The van der Waals surface area contributed by atoms with Crippen molar-refractivity contribution in [3.8, 4) is 11.6 Å². The number of unbranched alkanes of at least 4 members (excludes halogenated alkanes) is 1. The number of carbonyl (C=O) groups is 2. The van der Waals surface area contributed by atoms with E-state index in [9.17, 15) is 14.7 Å². The molecule has 1 aromatic carbocycles. The molecule has 2 N–H and O–H groups in total. The highest BCUT2D eigenvalue weighted by molar-refractivity contribution is 6.00. The summed E-state index contributed by atoms with van der Waals surface area (Å²) in [6.07, 6.45) is 3.83. The molecular formula is C28H38N4O4. The van der Waals surface area contributed by atoms with Crippen molar-refractivity contribution < 1.29 is 19.4 Å².